The van der Waals surface area contributed by atoms with E-state index in [0.29, 0.717) is 52.9 Å². The molecular formula is C19H23N5O5. The van der Waals surface area contributed by atoms with Crippen LogP contribution in [0.1, 0.15) is 19.5 Å². The first-order chi connectivity index (χ1) is 14.0. The second kappa shape index (κ2) is 9.20. The summed E-state index contributed by atoms with van der Waals surface area (Å²) < 4.78 is 16.7. The number of H-pyrrole nitrogens is 1. The highest BCUT2D eigenvalue weighted by Gasteiger charge is 2.16. The summed E-state index contributed by atoms with van der Waals surface area (Å²) in [4.78, 5) is 19.5. The number of fused-ring (bicyclic) bond motifs is 1. The molecule has 0 aliphatic heterocycles. The van der Waals surface area contributed by atoms with Crippen LogP contribution in [0.3, 0.4) is 0 Å². The molecule has 1 aromatic carbocycles. The van der Waals surface area contributed by atoms with E-state index in [9.17, 15) is 4.79 Å². The summed E-state index contributed by atoms with van der Waals surface area (Å²) in [6.45, 7) is 4.71. The maximum absolute atomic E-state index is 10.9. The number of aromatic nitrogens is 4. The van der Waals surface area contributed by atoms with Crippen molar-refractivity contribution in [1.29, 1.82) is 0 Å². The number of hydrogen-bond acceptors (Lipinski definition) is 8. The van der Waals surface area contributed by atoms with Gasteiger partial charge in [-0.1, -0.05) is 0 Å². The van der Waals surface area contributed by atoms with E-state index in [1.54, 1.807) is 25.3 Å². The van der Waals surface area contributed by atoms with Crippen LogP contribution in [0, 0.1) is 0 Å². The van der Waals surface area contributed by atoms with Crippen LogP contribution in [0.4, 0.5) is 11.6 Å². The topological polar surface area (TPSA) is 131 Å². The molecule has 0 fully saturated rings. The number of hydrogen-bond donors (Lipinski definition) is 3. The van der Waals surface area contributed by atoms with E-state index >= 15 is 0 Å². The van der Waals surface area contributed by atoms with Gasteiger partial charge in [-0.15, -0.1) is 0 Å². The van der Waals surface area contributed by atoms with Gasteiger partial charge in [-0.05, 0) is 13.8 Å². The molecule has 3 rings (SSSR count). The van der Waals surface area contributed by atoms with Gasteiger partial charge in [0.25, 0.3) is 0 Å². The second-order valence-corrected chi connectivity index (χ2v) is 6.52. The average Bonchev–Trinajstić information content (AvgIpc) is 3.07. The summed E-state index contributed by atoms with van der Waals surface area (Å²) in [5, 5.41) is 19.5. The fraction of sp³-hybridized carbons (Fsp3) is 0.368. The molecule has 0 radical (unpaired) electrons. The summed E-state index contributed by atoms with van der Waals surface area (Å²) >= 11 is 0. The lowest BCUT2D eigenvalue weighted by Gasteiger charge is -2.16. The maximum Gasteiger partial charge on any atom is 0.309 e. The Morgan fingerprint density at radius 2 is 2.07 bits per heavy atom. The highest BCUT2D eigenvalue weighted by molar-refractivity contribution is 5.96. The van der Waals surface area contributed by atoms with Gasteiger partial charge in [0.2, 0.25) is 0 Å². The Balaban J connectivity index is 1.96. The molecule has 3 aromatic rings. The summed E-state index contributed by atoms with van der Waals surface area (Å²) in [6, 6.07) is 5.20. The van der Waals surface area contributed by atoms with Gasteiger partial charge in [-0.2, -0.15) is 5.10 Å². The number of nitrogens with one attached hydrogen (secondary N) is 2. The second-order valence-electron chi connectivity index (χ2n) is 6.52. The Bertz CT molecular complexity index is 988. The number of carbonyl (C=O) groups is 1. The fourth-order valence-electron chi connectivity index (χ4n) is 2.70. The van der Waals surface area contributed by atoms with E-state index in [1.165, 1.54) is 6.33 Å². The van der Waals surface area contributed by atoms with Crippen molar-refractivity contribution in [2.45, 2.75) is 26.4 Å². The first-order valence-corrected chi connectivity index (χ1v) is 9.06. The maximum atomic E-state index is 10.9. The first-order valence-electron chi connectivity index (χ1n) is 9.06. The molecular weight excluding hydrogens is 378 g/mol. The van der Waals surface area contributed by atoms with Crippen molar-refractivity contribution in [1.82, 2.24) is 20.2 Å². The molecule has 2 aromatic heterocycles. The van der Waals surface area contributed by atoms with Crippen molar-refractivity contribution < 1.29 is 24.1 Å². The Morgan fingerprint density at radius 3 is 2.79 bits per heavy atom. The molecule has 10 heteroatoms. The predicted molar refractivity (Wildman–Crippen MR) is 106 cm³/mol. The molecule has 0 saturated carbocycles. The van der Waals surface area contributed by atoms with Crippen molar-refractivity contribution in [3.8, 4) is 11.5 Å². The van der Waals surface area contributed by atoms with E-state index in [1.807, 2.05) is 13.8 Å². The highest BCUT2D eigenvalue weighted by atomic mass is 16.5. The van der Waals surface area contributed by atoms with Crippen molar-refractivity contribution in [2.75, 3.05) is 25.6 Å². The minimum absolute atomic E-state index is 0.0759. The smallest absolute Gasteiger partial charge is 0.309 e. The molecule has 0 aliphatic rings. The third-order valence-corrected chi connectivity index (χ3v) is 3.81. The zero-order valence-electron chi connectivity index (χ0n) is 16.4. The Hall–Kier alpha value is -3.40. The van der Waals surface area contributed by atoms with Gasteiger partial charge in [0, 0.05) is 31.0 Å². The van der Waals surface area contributed by atoms with Crippen LogP contribution in [-0.4, -0.2) is 57.7 Å². The lowest BCUT2D eigenvalue weighted by Crippen LogP contribution is -2.09. The van der Waals surface area contributed by atoms with Crippen molar-refractivity contribution in [3.05, 3.63) is 30.2 Å². The van der Waals surface area contributed by atoms with E-state index in [4.69, 9.17) is 19.3 Å². The number of aromatic amines is 1. The van der Waals surface area contributed by atoms with E-state index < -0.39 is 5.97 Å². The molecule has 29 heavy (non-hydrogen) atoms. The normalized spacial score (nSPS) is 11.0. The number of ether oxygens (including phenoxy) is 3. The quantitative estimate of drug-likeness (QED) is 0.438. The van der Waals surface area contributed by atoms with Crippen LogP contribution in [-0.2, 0) is 16.0 Å². The minimum Gasteiger partial charge on any atom is -0.491 e. The van der Waals surface area contributed by atoms with Crippen molar-refractivity contribution in [2.24, 2.45) is 0 Å². The molecule has 0 spiro atoms. The van der Waals surface area contributed by atoms with Gasteiger partial charge >= 0.3 is 5.97 Å². The molecule has 10 nitrogen and oxygen atoms in total. The van der Waals surface area contributed by atoms with Crippen LogP contribution < -0.4 is 14.8 Å². The van der Waals surface area contributed by atoms with Gasteiger partial charge in [-0.3, -0.25) is 9.89 Å². The van der Waals surface area contributed by atoms with Crippen molar-refractivity contribution in [3.63, 3.8) is 0 Å². The Kier molecular flexibility index (Phi) is 6.45. The Morgan fingerprint density at radius 1 is 1.24 bits per heavy atom. The fourth-order valence-corrected chi connectivity index (χ4v) is 2.70. The van der Waals surface area contributed by atoms with Gasteiger partial charge in [-0.25, -0.2) is 9.97 Å². The standard InChI is InChI=1S/C19H23N5O5/c1-11(2)29-15-9-13(28-5-4-27-3)8-14-18(15)19(21-10-20-14)22-16-6-12(23-24-16)7-17(25)26/h6,8-11H,4-5,7H2,1-3H3,(H,25,26)(H2,20,21,22,23,24). The number of rotatable bonds is 10. The number of anilines is 2. The monoisotopic (exact) mass is 401 g/mol. The third-order valence-electron chi connectivity index (χ3n) is 3.81. The molecule has 3 N–H and O–H groups in total. The SMILES string of the molecule is COCCOc1cc(OC(C)C)c2c(Nc3cc(CC(=O)O)[nH]n3)ncnc2c1. The van der Waals surface area contributed by atoms with Crippen LogP contribution in [0.2, 0.25) is 0 Å². The lowest BCUT2D eigenvalue weighted by atomic mass is 10.2. The molecule has 0 aliphatic carbocycles. The molecule has 0 atom stereocenters. The number of methoxy groups -OCH3 is 1. The Labute approximate surface area is 167 Å². The molecule has 0 unspecified atom stereocenters. The summed E-state index contributed by atoms with van der Waals surface area (Å²) in [5.74, 6) is 1.16. The lowest BCUT2D eigenvalue weighted by molar-refractivity contribution is -0.136. The predicted octanol–water partition coefficient (Wildman–Crippen LogP) is 2.54. The zero-order valence-corrected chi connectivity index (χ0v) is 16.4. The molecule has 0 amide bonds. The number of aliphatic carboxylic acids is 1. The van der Waals surface area contributed by atoms with E-state index in [0.717, 1.165) is 0 Å². The number of carboxylic acid groups (broad SMARTS) is 1. The van der Waals surface area contributed by atoms with E-state index in [-0.39, 0.29) is 12.5 Å². The highest BCUT2D eigenvalue weighted by Crippen LogP contribution is 2.35. The largest absolute Gasteiger partial charge is 0.491 e. The summed E-state index contributed by atoms with van der Waals surface area (Å²) in [7, 11) is 1.61. The molecule has 154 valence electrons. The molecule has 0 saturated heterocycles. The van der Waals surface area contributed by atoms with Crippen molar-refractivity contribution >= 4 is 28.5 Å². The van der Waals surface area contributed by atoms with Crippen LogP contribution >= 0.6 is 0 Å². The summed E-state index contributed by atoms with van der Waals surface area (Å²) in [6.07, 6.45) is 1.20. The van der Waals surface area contributed by atoms with Gasteiger partial charge in [0.1, 0.15) is 30.3 Å². The van der Waals surface area contributed by atoms with Gasteiger partial charge in [0.15, 0.2) is 5.82 Å². The van der Waals surface area contributed by atoms with Gasteiger partial charge in [0.05, 0.1) is 30.0 Å². The van der Waals surface area contributed by atoms with Gasteiger partial charge < -0.3 is 24.6 Å². The summed E-state index contributed by atoms with van der Waals surface area (Å²) in [5.41, 5.74) is 1.11. The minimum atomic E-state index is -0.943. The van der Waals surface area contributed by atoms with Crippen LogP contribution in [0.25, 0.3) is 10.9 Å². The number of carboxylic acids is 1. The zero-order chi connectivity index (χ0) is 20.8. The third kappa shape index (κ3) is 5.32. The number of nitrogens with zero attached hydrogens (tertiary/aromatic N) is 3. The molecule has 2 heterocycles. The number of benzene rings is 1. The van der Waals surface area contributed by atoms with E-state index in [2.05, 4.69) is 25.5 Å². The molecule has 0 bridgehead atoms. The first kappa shape index (κ1) is 20.3. The van der Waals surface area contributed by atoms with Crippen LogP contribution in [0.5, 0.6) is 11.5 Å². The average molecular weight is 401 g/mol. The van der Waals surface area contributed by atoms with Crippen LogP contribution in [0.15, 0.2) is 24.5 Å².